The summed E-state index contributed by atoms with van der Waals surface area (Å²) in [5.74, 6) is 0.484. The number of anilines is 2. The van der Waals surface area contributed by atoms with Crippen LogP contribution in [-0.4, -0.2) is 34.9 Å². The lowest BCUT2D eigenvalue weighted by molar-refractivity contribution is -0.126. The van der Waals surface area contributed by atoms with Crippen LogP contribution in [0.15, 0.2) is 30.0 Å². The van der Waals surface area contributed by atoms with Crippen molar-refractivity contribution < 1.29 is 9.59 Å². The van der Waals surface area contributed by atoms with Crippen molar-refractivity contribution in [3.63, 3.8) is 0 Å². The zero-order valence-electron chi connectivity index (χ0n) is 15.6. The average Bonchev–Trinajstić information content (AvgIpc) is 3.20. The number of amides is 2. The van der Waals surface area contributed by atoms with E-state index in [4.69, 9.17) is 0 Å². The van der Waals surface area contributed by atoms with Crippen LogP contribution in [0, 0.1) is 5.92 Å². The molecule has 0 aromatic carbocycles. The number of aromatic nitrogens is 2. The van der Waals surface area contributed by atoms with Crippen LogP contribution >= 0.6 is 11.3 Å². The van der Waals surface area contributed by atoms with Gasteiger partial charge in [-0.25, -0.2) is 9.97 Å². The molecule has 27 heavy (non-hydrogen) atoms. The fourth-order valence-corrected chi connectivity index (χ4v) is 4.21. The second-order valence-corrected chi connectivity index (χ2v) is 7.66. The predicted octanol–water partition coefficient (Wildman–Crippen LogP) is 2.98. The molecule has 1 aliphatic heterocycles. The highest BCUT2D eigenvalue weighted by Crippen LogP contribution is 2.29. The van der Waals surface area contributed by atoms with Gasteiger partial charge in [0.15, 0.2) is 5.82 Å². The minimum absolute atomic E-state index is 0.00380. The van der Waals surface area contributed by atoms with Crippen LogP contribution in [0.2, 0.25) is 0 Å². The van der Waals surface area contributed by atoms with Crippen molar-refractivity contribution in [2.24, 2.45) is 5.92 Å². The summed E-state index contributed by atoms with van der Waals surface area (Å²) in [4.78, 5) is 35.7. The SMILES string of the molecule is CCC(NC(=O)C1CCN(c2cncnc2NC(C)=O)CC1)c1cccs1. The molecule has 0 saturated carbocycles. The first-order valence-electron chi connectivity index (χ1n) is 9.24. The second-order valence-electron chi connectivity index (χ2n) is 6.68. The van der Waals surface area contributed by atoms with E-state index in [1.54, 1.807) is 17.5 Å². The van der Waals surface area contributed by atoms with Gasteiger partial charge < -0.3 is 15.5 Å². The van der Waals surface area contributed by atoms with Crippen molar-refractivity contribution in [2.75, 3.05) is 23.3 Å². The van der Waals surface area contributed by atoms with Crippen molar-refractivity contribution in [1.82, 2.24) is 15.3 Å². The molecule has 8 heteroatoms. The molecule has 2 N–H and O–H groups in total. The quantitative estimate of drug-likeness (QED) is 0.796. The van der Waals surface area contributed by atoms with E-state index in [2.05, 4.69) is 38.5 Å². The van der Waals surface area contributed by atoms with E-state index in [0.29, 0.717) is 5.82 Å². The van der Waals surface area contributed by atoms with Crippen LogP contribution in [0.3, 0.4) is 0 Å². The molecule has 1 unspecified atom stereocenters. The highest BCUT2D eigenvalue weighted by molar-refractivity contribution is 7.10. The Kier molecular flexibility index (Phi) is 6.39. The standard InChI is InChI=1S/C19H25N5O2S/c1-3-15(17-5-4-10-27-17)23-19(26)14-6-8-24(9-7-14)16-11-20-12-21-18(16)22-13(2)25/h4-5,10-12,14-15H,3,6-9H2,1-2H3,(H,23,26)(H,20,21,22,25). The summed E-state index contributed by atoms with van der Waals surface area (Å²) in [7, 11) is 0. The maximum Gasteiger partial charge on any atom is 0.223 e. The maximum absolute atomic E-state index is 12.7. The van der Waals surface area contributed by atoms with Gasteiger partial charge in [-0.3, -0.25) is 9.59 Å². The molecule has 0 spiro atoms. The molecule has 1 atom stereocenters. The molecule has 2 amide bonds. The van der Waals surface area contributed by atoms with Crippen molar-refractivity contribution in [1.29, 1.82) is 0 Å². The summed E-state index contributed by atoms with van der Waals surface area (Å²) in [5.41, 5.74) is 0.802. The molecular formula is C19H25N5O2S. The number of rotatable bonds is 6. The van der Waals surface area contributed by atoms with E-state index >= 15 is 0 Å². The Labute approximate surface area is 163 Å². The van der Waals surface area contributed by atoms with Gasteiger partial charge in [0, 0.05) is 30.8 Å². The molecule has 2 aromatic heterocycles. The van der Waals surface area contributed by atoms with E-state index in [9.17, 15) is 9.59 Å². The first-order chi connectivity index (χ1) is 13.1. The Hall–Kier alpha value is -2.48. The number of piperidine rings is 1. The molecule has 2 aromatic rings. The van der Waals surface area contributed by atoms with Crippen molar-refractivity contribution in [3.05, 3.63) is 34.9 Å². The number of hydrogen-bond acceptors (Lipinski definition) is 6. The summed E-state index contributed by atoms with van der Waals surface area (Å²) >= 11 is 1.68. The van der Waals surface area contributed by atoms with Gasteiger partial charge in [0.25, 0.3) is 0 Å². The fraction of sp³-hybridized carbons (Fsp3) is 0.474. The summed E-state index contributed by atoms with van der Waals surface area (Å²) < 4.78 is 0. The lowest BCUT2D eigenvalue weighted by atomic mass is 9.95. The van der Waals surface area contributed by atoms with Crippen LogP contribution in [0.5, 0.6) is 0 Å². The third-order valence-corrected chi connectivity index (χ3v) is 5.79. The van der Waals surface area contributed by atoms with E-state index in [0.717, 1.165) is 38.0 Å². The third-order valence-electron chi connectivity index (χ3n) is 4.81. The molecule has 7 nitrogen and oxygen atoms in total. The van der Waals surface area contributed by atoms with Gasteiger partial charge in [-0.1, -0.05) is 13.0 Å². The van der Waals surface area contributed by atoms with Crippen molar-refractivity contribution in [2.45, 2.75) is 39.2 Å². The fourth-order valence-electron chi connectivity index (χ4n) is 3.35. The zero-order chi connectivity index (χ0) is 19.2. The molecule has 0 aliphatic carbocycles. The number of carbonyl (C=O) groups excluding carboxylic acids is 2. The van der Waals surface area contributed by atoms with Gasteiger partial charge in [-0.2, -0.15) is 0 Å². The summed E-state index contributed by atoms with van der Waals surface area (Å²) in [6, 6.07) is 4.17. The van der Waals surface area contributed by atoms with Gasteiger partial charge in [0.2, 0.25) is 11.8 Å². The monoisotopic (exact) mass is 387 g/mol. The molecular weight excluding hydrogens is 362 g/mol. The summed E-state index contributed by atoms with van der Waals surface area (Å²) in [6.07, 6.45) is 5.54. The Morgan fingerprint density at radius 1 is 1.37 bits per heavy atom. The van der Waals surface area contributed by atoms with Gasteiger partial charge >= 0.3 is 0 Å². The molecule has 3 heterocycles. The first kappa shape index (κ1) is 19.3. The number of thiophene rings is 1. The van der Waals surface area contributed by atoms with Crippen LogP contribution in [0.25, 0.3) is 0 Å². The molecule has 144 valence electrons. The maximum atomic E-state index is 12.7. The van der Waals surface area contributed by atoms with Gasteiger partial charge in [0.05, 0.1) is 17.9 Å². The van der Waals surface area contributed by atoms with Crippen LogP contribution in [-0.2, 0) is 9.59 Å². The van der Waals surface area contributed by atoms with Crippen molar-refractivity contribution >= 4 is 34.7 Å². The Bertz CT molecular complexity index is 772. The summed E-state index contributed by atoms with van der Waals surface area (Å²) in [5, 5.41) is 7.99. The Morgan fingerprint density at radius 3 is 2.78 bits per heavy atom. The molecule has 1 aliphatic rings. The minimum atomic E-state index is -0.164. The predicted molar refractivity (Wildman–Crippen MR) is 107 cm³/mol. The van der Waals surface area contributed by atoms with E-state index in [1.165, 1.54) is 18.1 Å². The second kappa shape index (κ2) is 8.94. The highest BCUT2D eigenvalue weighted by atomic mass is 32.1. The number of hydrogen-bond donors (Lipinski definition) is 2. The Morgan fingerprint density at radius 2 is 2.15 bits per heavy atom. The zero-order valence-corrected chi connectivity index (χ0v) is 16.5. The third kappa shape index (κ3) is 4.82. The largest absolute Gasteiger partial charge is 0.367 e. The number of nitrogens with one attached hydrogen (secondary N) is 2. The Balaban J connectivity index is 1.59. The number of carbonyl (C=O) groups is 2. The smallest absolute Gasteiger partial charge is 0.223 e. The molecule has 3 rings (SSSR count). The lowest BCUT2D eigenvalue weighted by Gasteiger charge is -2.34. The van der Waals surface area contributed by atoms with Gasteiger partial charge in [-0.15, -0.1) is 11.3 Å². The van der Waals surface area contributed by atoms with Crippen LogP contribution in [0.4, 0.5) is 11.5 Å². The average molecular weight is 388 g/mol. The minimum Gasteiger partial charge on any atom is -0.367 e. The van der Waals surface area contributed by atoms with Gasteiger partial charge in [0.1, 0.15) is 6.33 Å². The van der Waals surface area contributed by atoms with Crippen molar-refractivity contribution in [3.8, 4) is 0 Å². The van der Waals surface area contributed by atoms with Crippen LogP contribution < -0.4 is 15.5 Å². The molecule has 0 bridgehead atoms. The molecule has 1 saturated heterocycles. The first-order valence-corrected chi connectivity index (χ1v) is 10.1. The van der Waals surface area contributed by atoms with Crippen LogP contribution in [0.1, 0.15) is 44.0 Å². The van der Waals surface area contributed by atoms with E-state index < -0.39 is 0 Å². The summed E-state index contributed by atoms with van der Waals surface area (Å²) in [6.45, 7) is 5.01. The lowest BCUT2D eigenvalue weighted by Crippen LogP contribution is -2.41. The van der Waals surface area contributed by atoms with Gasteiger partial charge in [-0.05, 0) is 30.7 Å². The number of nitrogens with zero attached hydrogens (tertiary/aromatic N) is 3. The molecule has 0 radical (unpaired) electrons. The normalized spacial score (nSPS) is 16.0. The van der Waals surface area contributed by atoms with E-state index in [-0.39, 0.29) is 23.8 Å². The van der Waals surface area contributed by atoms with E-state index in [1.807, 2.05) is 11.4 Å². The highest BCUT2D eigenvalue weighted by Gasteiger charge is 2.28. The molecule has 1 fully saturated rings. The topological polar surface area (TPSA) is 87.2 Å².